The van der Waals surface area contributed by atoms with E-state index in [4.69, 9.17) is 32.7 Å². The number of morpholine rings is 1. The Kier molecular flexibility index (Phi) is 7.11. The average Bonchev–Trinajstić information content (AvgIpc) is 3.03. The summed E-state index contributed by atoms with van der Waals surface area (Å²) in [6.45, 7) is 6.45. The maximum absolute atomic E-state index is 15.0. The number of amides is 1. The third kappa shape index (κ3) is 5.32. The first-order valence-corrected chi connectivity index (χ1v) is 12.1. The summed E-state index contributed by atoms with van der Waals surface area (Å²) < 4.78 is 42.8. The molecule has 2 aromatic carbocycles. The van der Waals surface area contributed by atoms with Gasteiger partial charge in [0.25, 0.3) is 0 Å². The molecule has 1 fully saturated rings. The Labute approximate surface area is 213 Å². The fraction of sp³-hybridized carbons (Fsp3) is 0.391. The summed E-state index contributed by atoms with van der Waals surface area (Å²) >= 11 is 15.6. The predicted molar refractivity (Wildman–Crippen MR) is 130 cm³/mol. The zero-order chi connectivity index (χ0) is 24.8. The lowest BCUT2D eigenvalue weighted by Crippen LogP contribution is -2.48. The van der Waals surface area contributed by atoms with Crippen molar-refractivity contribution in [3.05, 3.63) is 50.4 Å². The number of hydrogen-bond donors (Lipinski definition) is 0. The lowest BCUT2D eigenvalue weighted by atomic mass is 10.2. The van der Waals surface area contributed by atoms with Gasteiger partial charge in [0.05, 0.1) is 52.4 Å². The van der Waals surface area contributed by atoms with Gasteiger partial charge in [0.1, 0.15) is 23.1 Å². The third-order valence-electron chi connectivity index (χ3n) is 5.20. The Morgan fingerprint density at radius 2 is 1.94 bits per heavy atom. The van der Waals surface area contributed by atoms with Gasteiger partial charge in [0.15, 0.2) is 0 Å². The van der Waals surface area contributed by atoms with E-state index in [0.29, 0.717) is 28.7 Å². The smallest absolute Gasteiger partial charge is 0.410 e. The van der Waals surface area contributed by atoms with Crippen molar-refractivity contribution in [2.75, 3.05) is 19.7 Å². The first-order valence-electron chi connectivity index (χ1n) is 10.5. The van der Waals surface area contributed by atoms with Crippen LogP contribution in [0.5, 0.6) is 0 Å². The molecule has 4 rings (SSSR count). The lowest BCUT2D eigenvalue weighted by Gasteiger charge is -2.34. The Morgan fingerprint density at radius 3 is 2.62 bits per heavy atom. The van der Waals surface area contributed by atoms with Gasteiger partial charge in [-0.25, -0.2) is 18.6 Å². The Morgan fingerprint density at radius 1 is 1.21 bits per heavy atom. The largest absolute Gasteiger partial charge is 0.444 e. The second-order valence-electron chi connectivity index (χ2n) is 8.96. The van der Waals surface area contributed by atoms with Gasteiger partial charge >= 0.3 is 6.09 Å². The normalized spacial score (nSPS) is 16.8. The van der Waals surface area contributed by atoms with E-state index in [0.717, 1.165) is 0 Å². The average molecular weight is 577 g/mol. The van der Waals surface area contributed by atoms with Gasteiger partial charge in [0, 0.05) is 17.1 Å². The number of carbonyl (C=O) groups is 1. The highest BCUT2D eigenvalue weighted by Crippen LogP contribution is 2.36. The predicted octanol–water partition coefficient (Wildman–Crippen LogP) is 6.69. The zero-order valence-corrected chi connectivity index (χ0v) is 21.8. The number of halogens is 5. The zero-order valence-electron chi connectivity index (χ0n) is 18.7. The van der Waals surface area contributed by atoms with Crippen LogP contribution in [0.1, 0.15) is 20.8 Å². The topological polar surface area (TPSA) is 56.6 Å². The Bertz CT molecular complexity index is 1240. The molecule has 1 aromatic heterocycles. The molecule has 34 heavy (non-hydrogen) atoms. The Balaban J connectivity index is 1.74. The molecular formula is C23H22BrCl2F2N3O3. The second kappa shape index (κ2) is 9.60. The molecule has 2 heterocycles. The maximum atomic E-state index is 15.0. The SMILES string of the molecule is CC(C)(C)OC(=O)N1CCO[C@@H](Cn2c(-c3c(F)cc(Br)cc3Cl)nc3cc(Cl)c(F)cc32)C1. The molecule has 1 aliphatic rings. The quantitative estimate of drug-likeness (QED) is 0.349. The summed E-state index contributed by atoms with van der Waals surface area (Å²) in [6.07, 6.45) is -0.926. The van der Waals surface area contributed by atoms with E-state index < -0.39 is 29.4 Å². The number of nitrogens with zero attached hydrogens (tertiary/aromatic N) is 3. The number of aromatic nitrogens is 2. The summed E-state index contributed by atoms with van der Waals surface area (Å²) in [7, 11) is 0. The van der Waals surface area contributed by atoms with Crippen molar-refractivity contribution in [3.63, 3.8) is 0 Å². The van der Waals surface area contributed by atoms with Gasteiger partial charge in [-0.05, 0) is 39.0 Å². The molecule has 3 aromatic rings. The van der Waals surface area contributed by atoms with Crippen molar-refractivity contribution in [2.45, 2.75) is 39.0 Å². The summed E-state index contributed by atoms with van der Waals surface area (Å²) in [5, 5.41) is 0.0334. The van der Waals surface area contributed by atoms with Gasteiger partial charge < -0.3 is 18.9 Å². The number of fused-ring (bicyclic) bond motifs is 1. The molecule has 1 amide bonds. The van der Waals surface area contributed by atoms with Crippen LogP contribution < -0.4 is 0 Å². The van der Waals surface area contributed by atoms with Crippen LogP contribution in [0.25, 0.3) is 22.4 Å². The molecule has 1 aliphatic heterocycles. The number of rotatable bonds is 3. The first kappa shape index (κ1) is 25.2. The van der Waals surface area contributed by atoms with Crippen LogP contribution in [0.3, 0.4) is 0 Å². The van der Waals surface area contributed by atoms with E-state index in [1.165, 1.54) is 18.2 Å². The summed E-state index contributed by atoms with van der Waals surface area (Å²) in [5.74, 6) is -1.03. The van der Waals surface area contributed by atoms with E-state index in [1.807, 2.05) is 0 Å². The third-order valence-corrected chi connectivity index (χ3v) is 6.24. The molecular weight excluding hydrogens is 555 g/mol. The molecule has 0 radical (unpaired) electrons. The molecule has 0 saturated carbocycles. The van der Waals surface area contributed by atoms with E-state index in [9.17, 15) is 13.6 Å². The molecule has 0 N–H and O–H groups in total. The highest BCUT2D eigenvalue weighted by Gasteiger charge is 2.30. The van der Waals surface area contributed by atoms with Gasteiger partial charge in [-0.15, -0.1) is 0 Å². The van der Waals surface area contributed by atoms with Crippen LogP contribution in [0, 0.1) is 11.6 Å². The fourth-order valence-electron chi connectivity index (χ4n) is 3.78. The van der Waals surface area contributed by atoms with E-state index in [1.54, 1.807) is 36.3 Å². The number of imidazole rings is 1. The molecule has 1 saturated heterocycles. The summed E-state index contributed by atoms with van der Waals surface area (Å²) in [4.78, 5) is 18.6. The van der Waals surface area contributed by atoms with Crippen molar-refractivity contribution < 1.29 is 23.0 Å². The highest BCUT2D eigenvalue weighted by molar-refractivity contribution is 9.10. The van der Waals surface area contributed by atoms with Crippen molar-refractivity contribution in [1.82, 2.24) is 14.5 Å². The fourth-order valence-corrected chi connectivity index (χ4v) is 4.79. The van der Waals surface area contributed by atoms with E-state index >= 15 is 0 Å². The number of benzene rings is 2. The molecule has 1 atom stereocenters. The summed E-state index contributed by atoms with van der Waals surface area (Å²) in [5.41, 5.74) is 0.205. The number of ether oxygens (including phenoxy) is 2. The number of hydrogen-bond acceptors (Lipinski definition) is 4. The van der Waals surface area contributed by atoms with Gasteiger partial charge in [-0.3, -0.25) is 0 Å². The lowest BCUT2D eigenvalue weighted by molar-refractivity contribution is -0.0468. The van der Waals surface area contributed by atoms with Crippen LogP contribution in [-0.2, 0) is 16.0 Å². The van der Waals surface area contributed by atoms with Crippen LogP contribution in [-0.4, -0.2) is 51.9 Å². The minimum atomic E-state index is -0.635. The van der Waals surface area contributed by atoms with Gasteiger partial charge in [0.2, 0.25) is 0 Å². The van der Waals surface area contributed by atoms with E-state index in [-0.39, 0.29) is 34.5 Å². The van der Waals surface area contributed by atoms with Crippen LogP contribution in [0.15, 0.2) is 28.7 Å². The minimum absolute atomic E-state index is 0.0670. The molecule has 182 valence electrons. The standard InChI is InChI=1S/C23H22BrCl2F2N3O3/c1-23(2,3)34-22(32)30-4-5-33-13(10-30)11-31-19-9-16(27)14(25)8-18(19)29-21(31)20-15(26)6-12(24)7-17(20)28/h6-9,13H,4-5,10-11H2,1-3H3/t13-/m1/s1. The van der Waals surface area contributed by atoms with Gasteiger partial charge in [-0.1, -0.05) is 39.1 Å². The number of carbonyl (C=O) groups excluding carboxylic acids is 1. The van der Waals surface area contributed by atoms with Crippen LogP contribution in [0.2, 0.25) is 10.0 Å². The van der Waals surface area contributed by atoms with Crippen LogP contribution >= 0.6 is 39.1 Å². The van der Waals surface area contributed by atoms with Crippen molar-refractivity contribution in [3.8, 4) is 11.4 Å². The molecule has 6 nitrogen and oxygen atoms in total. The van der Waals surface area contributed by atoms with Crippen LogP contribution in [0.4, 0.5) is 13.6 Å². The molecule has 0 spiro atoms. The minimum Gasteiger partial charge on any atom is -0.444 e. The van der Waals surface area contributed by atoms with Gasteiger partial charge in [-0.2, -0.15) is 0 Å². The van der Waals surface area contributed by atoms with Crippen molar-refractivity contribution in [2.24, 2.45) is 0 Å². The first-order chi connectivity index (χ1) is 15.9. The highest BCUT2D eigenvalue weighted by atomic mass is 79.9. The summed E-state index contributed by atoms with van der Waals surface area (Å²) in [6, 6.07) is 5.46. The van der Waals surface area contributed by atoms with E-state index in [2.05, 4.69) is 20.9 Å². The molecule has 0 bridgehead atoms. The molecule has 0 unspecified atom stereocenters. The molecule has 0 aliphatic carbocycles. The molecule has 11 heteroatoms. The van der Waals surface area contributed by atoms with Crippen molar-refractivity contribution >= 4 is 56.3 Å². The second-order valence-corrected chi connectivity index (χ2v) is 10.7. The maximum Gasteiger partial charge on any atom is 0.410 e. The monoisotopic (exact) mass is 575 g/mol. The Hall–Kier alpha value is -1.94. The van der Waals surface area contributed by atoms with Crippen molar-refractivity contribution in [1.29, 1.82) is 0 Å².